The molecular formula is C22H19F3N4. The van der Waals surface area contributed by atoms with Gasteiger partial charge in [-0.1, -0.05) is 12.1 Å². The van der Waals surface area contributed by atoms with E-state index in [-0.39, 0.29) is 6.54 Å². The average Bonchev–Trinajstić information content (AvgIpc) is 3.11. The maximum atomic E-state index is 13.1. The molecule has 29 heavy (non-hydrogen) atoms. The van der Waals surface area contributed by atoms with E-state index in [1.54, 1.807) is 12.3 Å². The van der Waals surface area contributed by atoms with Crippen LogP contribution in [0.5, 0.6) is 0 Å². The van der Waals surface area contributed by atoms with Crippen molar-refractivity contribution in [3.63, 3.8) is 0 Å². The van der Waals surface area contributed by atoms with Gasteiger partial charge in [0.15, 0.2) is 0 Å². The van der Waals surface area contributed by atoms with Crippen molar-refractivity contribution in [3.8, 4) is 11.3 Å². The summed E-state index contributed by atoms with van der Waals surface area (Å²) in [6.07, 6.45) is -0.115. The molecule has 0 aliphatic rings. The first-order valence-electron chi connectivity index (χ1n) is 9.15. The van der Waals surface area contributed by atoms with Gasteiger partial charge in [0.1, 0.15) is 5.65 Å². The molecule has 4 nitrogen and oxygen atoms in total. The van der Waals surface area contributed by atoms with Gasteiger partial charge in [-0.05, 0) is 53.9 Å². The molecule has 0 atom stereocenters. The molecule has 0 aliphatic heterocycles. The van der Waals surface area contributed by atoms with Crippen molar-refractivity contribution in [3.05, 3.63) is 82.8 Å². The van der Waals surface area contributed by atoms with Crippen molar-refractivity contribution in [2.45, 2.75) is 26.1 Å². The van der Waals surface area contributed by atoms with Gasteiger partial charge < -0.3 is 10.7 Å². The summed E-state index contributed by atoms with van der Waals surface area (Å²) in [6.45, 7) is 2.00. The highest BCUT2D eigenvalue weighted by molar-refractivity contribution is 5.80. The molecule has 0 radical (unpaired) electrons. The van der Waals surface area contributed by atoms with Gasteiger partial charge in [0, 0.05) is 42.0 Å². The Morgan fingerprint density at radius 3 is 2.55 bits per heavy atom. The van der Waals surface area contributed by atoms with Gasteiger partial charge in [-0.15, -0.1) is 0 Å². The Labute approximate surface area is 165 Å². The van der Waals surface area contributed by atoms with Crippen LogP contribution in [0.4, 0.5) is 13.2 Å². The second-order valence-electron chi connectivity index (χ2n) is 6.91. The van der Waals surface area contributed by atoms with Gasteiger partial charge in [0.25, 0.3) is 0 Å². The Balaban J connectivity index is 1.71. The minimum atomic E-state index is -4.42. The van der Waals surface area contributed by atoms with Crippen molar-refractivity contribution >= 4 is 11.0 Å². The standard InChI is InChI=1S/C22H19F3N4/c1-13-14(9-16-12-28-21-18(16)3-2-8-27-21)5-7-20(29-13)19-10-17(22(23,24)25)6-4-15(19)11-26/h2-8,10,12H,9,11,26H2,1H3,(H,27,28). The zero-order valence-corrected chi connectivity index (χ0v) is 15.7. The Hall–Kier alpha value is -3.19. The second-order valence-corrected chi connectivity index (χ2v) is 6.91. The number of pyridine rings is 2. The van der Waals surface area contributed by atoms with Crippen LogP contribution in [0, 0.1) is 6.92 Å². The average molecular weight is 396 g/mol. The maximum absolute atomic E-state index is 13.1. The first-order valence-corrected chi connectivity index (χ1v) is 9.15. The molecule has 0 unspecified atom stereocenters. The second kappa shape index (κ2) is 7.33. The molecule has 4 rings (SSSR count). The van der Waals surface area contributed by atoms with Crippen LogP contribution in [-0.2, 0) is 19.1 Å². The minimum Gasteiger partial charge on any atom is -0.346 e. The molecule has 0 spiro atoms. The molecule has 3 aromatic heterocycles. The molecule has 148 valence electrons. The van der Waals surface area contributed by atoms with Crippen LogP contribution in [-0.4, -0.2) is 15.0 Å². The number of nitrogens with two attached hydrogens (primary N) is 1. The monoisotopic (exact) mass is 396 g/mol. The molecule has 0 saturated heterocycles. The summed E-state index contributed by atoms with van der Waals surface area (Å²) >= 11 is 0. The summed E-state index contributed by atoms with van der Waals surface area (Å²) in [6, 6.07) is 11.1. The van der Waals surface area contributed by atoms with Gasteiger partial charge in [0.05, 0.1) is 11.3 Å². The van der Waals surface area contributed by atoms with Crippen LogP contribution in [0.1, 0.15) is 27.9 Å². The number of alkyl halides is 3. The number of nitrogens with zero attached hydrogens (tertiary/aromatic N) is 2. The highest BCUT2D eigenvalue weighted by atomic mass is 19.4. The quantitative estimate of drug-likeness (QED) is 0.510. The van der Waals surface area contributed by atoms with Crippen molar-refractivity contribution in [1.82, 2.24) is 15.0 Å². The van der Waals surface area contributed by atoms with Gasteiger partial charge in [0.2, 0.25) is 0 Å². The van der Waals surface area contributed by atoms with Crippen LogP contribution in [0.25, 0.3) is 22.3 Å². The topological polar surface area (TPSA) is 67.6 Å². The number of rotatable bonds is 4. The molecule has 0 aliphatic carbocycles. The van der Waals surface area contributed by atoms with Gasteiger partial charge >= 0.3 is 6.18 Å². The largest absolute Gasteiger partial charge is 0.416 e. The number of nitrogens with one attached hydrogen (secondary N) is 1. The molecule has 0 amide bonds. The van der Waals surface area contributed by atoms with E-state index in [0.29, 0.717) is 23.2 Å². The van der Waals surface area contributed by atoms with E-state index in [9.17, 15) is 13.2 Å². The highest BCUT2D eigenvalue weighted by Gasteiger charge is 2.31. The summed E-state index contributed by atoms with van der Waals surface area (Å²) in [4.78, 5) is 12.0. The van der Waals surface area contributed by atoms with Crippen LogP contribution in [0.15, 0.2) is 54.9 Å². The fourth-order valence-corrected chi connectivity index (χ4v) is 3.46. The first kappa shape index (κ1) is 19.1. The van der Waals surface area contributed by atoms with Crippen molar-refractivity contribution < 1.29 is 13.2 Å². The van der Waals surface area contributed by atoms with E-state index in [2.05, 4.69) is 15.0 Å². The third-order valence-corrected chi connectivity index (χ3v) is 5.05. The number of halogens is 3. The predicted octanol–water partition coefficient (Wildman–Crippen LogP) is 5.00. The van der Waals surface area contributed by atoms with Gasteiger partial charge in [-0.2, -0.15) is 13.2 Å². The van der Waals surface area contributed by atoms with Crippen LogP contribution >= 0.6 is 0 Å². The Bertz CT molecular complexity index is 1180. The van der Waals surface area contributed by atoms with Gasteiger partial charge in [-0.25, -0.2) is 4.98 Å². The molecule has 4 aromatic rings. The summed E-state index contributed by atoms with van der Waals surface area (Å²) in [5.41, 5.74) is 10.2. The summed E-state index contributed by atoms with van der Waals surface area (Å²) in [7, 11) is 0. The minimum absolute atomic E-state index is 0.137. The Morgan fingerprint density at radius 2 is 1.83 bits per heavy atom. The number of hydrogen-bond donors (Lipinski definition) is 2. The lowest BCUT2D eigenvalue weighted by atomic mass is 9.98. The number of hydrogen-bond acceptors (Lipinski definition) is 3. The fraction of sp³-hybridized carbons (Fsp3) is 0.182. The van der Waals surface area contributed by atoms with Crippen molar-refractivity contribution in [2.24, 2.45) is 5.73 Å². The number of benzene rings is 1. The van der Waals surface area contributed by atoms with E-state index < -0.39 is 11.7 Å². The SMILES string of the molecule is Cc1nc(-c2cc(C(F)(F)F)ccc2CN)ccc1Cc1c[nH]c2ncccc12. The molecular weight excluding hydrogens is 377 g/mol. The Kier molecular flexibility index (Phi) is 4.84. The number of aromatic nitrogens is 3. The summed E-state index contributed by atoms with van der Waals surface area (Å²) in [5.74, 6) is 0. The van der Waals surface area contributed by atoms with Crippen LogP contribution in [0.3, 0.4) is 0 Å². The number of H-pyrrole nitrogens is 1. The number of aryl methyl sites for hydroxylation is 1. The zero-order valence-electron chi connectivity index (χ0n) is 15.7. The first-order chi connectivity index (χ1) is 13.9. The van der Waals surface area contributed by atoms with Gasteiger partial charge in [-0.3, -0.25) is 4.98 Å². The van der Waals surface area contributed by atoms with E-state index in [4.69, 9.17) is 5.73 Å². The fourth-order valence-electron chi connectivity index (χ4n) is 3.46. The Morgan fingerprint density at radius 1 is 1.03 bits per heavy atom. The number of aromatic amines is 1. The third-order valence-electron chi connectivity index (χ3n) is 5.05. The van der Waals surface area contributed by atoms with Crippen LogP contribution in [0.2, 0.25) is 0 Å². The lowest BCUT2D eigenvalue weighted by Crippen LogP contribution is -2.08. The normalized spacial score (nSPS) is 11.9. The predicted molar refractivity (Wildman–Crippen MR) is 106 cm³/mol. The van der Waals surface area contributed by atoms with Crippen molar-refractivity contribution in [1.29, 1.82) is 0 Å². The smallest absolute Gasteiger partial charge is 0.346 e. The highest BCUT2D eigenvalue weighted by Crippen LogP contribution is 2.34. The molecule has 0 fully saturated rings. The number of fused-ring (bicyclic) bond motifs is 1. The van der Waals surface area contributed by atoms with E-state index >= 15 is 0 Å². The van der Waals surface area contributed by atoms with E-state index in [1.807, 2.05) is 31.3 Å². The van der Waals surface area contributed by atoms with E-state index in [0.717, 1.165) is 40.0 Å². The van der Waals surface area contributed by atoms with Crippen molar-refractivity contribution in [2.75, 3.05) is 0 Å². The molecule has 0 bridgehead atoms. The summed E-state index contributed by atoms with van der Waals surface area (Å²) in [5, 5.41) is 1.04. The maximum Gasteiger partial charge on any atom is 0.416 e. The molecule has 3 heterocycles. The zero-order chi connectivity index (χ0) is 20.6. The molecule has 0 saturated carbocycles. The molecule has 7 heteroatoms. The lowest BCUT2D eigenvalue weighted by Gasteiger charge is -2.14. The molecule has 1 aromatic carbocycles. The van der Waals surface area contributed by atoms with Crippen LogP contribution < -0.4 is 5.73 Å². The lowest BCUT2D eigenvalue weighted by molar-refractivity contribution is -0.137. The summed E-state index contributed by atoms with van der Waals surface area (Å²) < 4.78 is 39.4. The third kappa shape index (κ3) is 3.73. The molecule has 3 N–H and O–H groups in total. The van der Waals surface area contributed by atoms with E-state index in [1.165, 1.54) is 6.07 Å².